The van der Waals surface area contributed by atoms with Crippen LogP contribution in [0.5, 0.6) is 0 Å². The van der Waals surface area contributed by atoms with Gasteiger partial charge < -0.3 is 9.99 Å². The number of hydrogen-bond acceptors (Lipinski definition) is 3. The molecule has 25 heavy (non-hydrogen) atoms. The van der Waals surface area contributed by atoms with Gasteiger partial charge in [-0.05, 0) is 24.5 Å². The van der Waals surface area contributed by atoms with Crippen LogP contribution in [0.3, 0.4) is 0 Å². The number of aromatic amines is 1. The second-order valence-corrected chi connectivity index (χ2v) is 6.47. The molecule has 4 nitrogen and oxygen atoms in total. The number of piperidine rings is 1. The Morgan fingerprint density at radius 1 is 1.44 bits per heavy atom. The molecule has 0 aromatic carbocycles. The van der Waals surface area contributed by atoms with Crippen LogP contribution in [0.1, 0.15) is 36.9 Å². The van der Waals surface area contributed by atoms with Crippen LogP contribution in [0.25, 0.3) is 11.6 Å². The summed E-state index contributed by atoms with van der Waals surface area (Å²) in [6.07, 6.45) is 6.31. The summed E-state index contributed by atoms with van der Waals surface area (Å²) in [7, 11) is 0. The molecule has 2 saturated heterocycles. The van der Waals surface area contributed by atoms with E-state index < -0.39 is 12.5 Å². The number of hydrazine groups is 1. The number of H-pyrrole nitrogens is 1. The van der Waals surface area contributed by atoms with Crippen molar-refractivity contribution in [3.8, 4) is 0 Å². The van der Waals surface area contributed by atoms with E-state index in [0.717, 1.165) is 25.8 Å². The molecule has 3 heterocycles. The van der Waals surface area contributed by atoms with E-state index in [0.29, 0.717) is 17.0 Å². The molecule has 0 amide bonds. The van der Waals surface area contributed by atoms with Crippen molar-refractivity contribution >= 4 is 17.4 Å². The Morgan fingerprint density at radius 2 is 2.24 bits per heavy atom. The van der Waals surface area contributed by atoms with E-state index in [-0.39, 0.29) is 30.4 Å². The summed E-state index contributed by atoms with van der Waals surface area (Å²) in [6, 6.07) is 1.59. The minimum atomic E-state index is -1.17. The molecule has 2 fully saturated rings. The van der Waals surface area contributed by atoms with Gasteiger partial charge in [0.1, 0.15) is 12.5 Å². The molecular formula is C19H23F2N3O. The Kier molecular flexibility index (Phi) is 5.18. The van der Waals surface area contributed by atoms with Gasteiger partial charge in [-0.1, -0.05) is 25.7 Å². The molecule has 1 aromatic heterocycles. The minimum Gasteiger partial charge on any atom is -0.361 e. The van der Waals surface area contributed by atoms with E-state index in [9.17, 15) is 13.6 Å². The van der Waals surface area contributed by atoms with Gasteiger partial charge in [-0.3, -0.25) is 4.79 Å². The molecule has 1 atom stereocenters. The Labute approximate surface area is 146 Å². The van der Waals surface area contributed by atoms with Gasteiger partial charge in [0, 0.05) is 30.4 Å². The predicted molar refractivity (Wildman–Crippen MR) is 94.7 cm³/mol. The lowest BCUT2D eigenvalue weighted by molar-refractivity contribution is -0.141. The number of alkyl halides is 1. The lowest BCUT2D eigenvalue weighted by Gasteiger charge is -2.48. The van der Waals surface area contributed by atoms with Crippen LogP contribution in [0.2, 0.25) is 0 Å². The van der Waals surface area contributed by atoms with Gasteiger partial charge in [-0.2, -0.15) is 0 Å². The number of halogens is 2. The number of Topliss-reactive ketones (excluding diaryl/α,β-unsaturated/α-hetero) is 1. The Balaban J connectivity index is 1.94. The normalized spacial score (nSPS) is 22.6. The zero-order valence-electron chi connectivity index (χ0n) is 14.2. The first-order valence-electron chi connectivity index (χ1n) is 8.55. The lowest BCUT2D eigenvalue weighted by atomic mass is 9.94. The number of nitrogens with zero attached hydrogens (tertiary/aromatic N) is 2. The third kappa shape index (κ3) is 3.31. The molecule has 2 aliphatic rings. The van der Waals surface area contributed by atoms with Crippen molar-refractivity contribution < 1.29 is 13.6 Å². The number of aromatic nitrogens is 1. The van der Waals surface area contributed by atoms with Crippen LogP contribution in [0, 0.1) is 0 Å². The van der Waals surface area contributed by atoms with E-state index in [1.807, 2.05) is 10.0 Å². The fourth-order valence-corrected chi connectivity index (χ4v) is 3.67. The van der Waals surface area contributed by atoms with E-state index in [1.165, 1.54) is 0 Å². The van der Waals surface area contributed by atoms with Crippen LogP contribution in [0.15, 0.2) is 36.9 Å². The van der Waals surface area contributed by atoms with Crippen molar-refractivity contribution in [1.29, 1.82) is 0 Å². The summed E-state index contributed by atoms with van der Waals surface area (Å²) < 4.78 is 27.5. The van der Waals surface area contributed by atoms with Gasteiger partial charge in [-0.15, -0.1) is 0 Å². The highest BCUT2D eigenvalue weighted by molar-refractivity contribution is 5.87. The summed E-state index contributed by atoms with van der Waals surface area (Å²) in [5.74, 6) is -0.659. The largest absolute Gasteiger partial charge is 0.361 e. The molecule has 3 rings (SSSR count). The summed E-state index contributed by atoms with van der Waals surface area (Å²) in [5.41, 5.74) is 2.09. The van der Waals surface area contributed by atoms with Crippen molar-refractivity contribution in [2.24, 2.45) is 0 Å². The molecule has 0 saturated carbocycles. The van der Waals surface area contributed by atoms with E-state index in [2.05, 4.69) is 18.1 Å². The highest BCUT2D eigenvalue weighted by Crippen LogP contribution is 2.33. The number of ketones is 1. The third-order valence-corrected chi connectivity index (χ3v) is 4.95. The fourth-order valence-electron chi connectivity index (χ4n) is 3.67. The number of hydrogen-bond donors (Lipinski definition) is 1. The van der Waals surface area contributed by atoms with Crippen LogP contribution in [-0.2, 0) is 4.79 Å². The topological polar surface area (TPSA) is 39.3 Å². The lowest BCUT2D eigenvalue weighted by Crippen LogP contribution is -2.57. The van der Waals surface area contributed by atoms with Crippen molar-refractivity contribution in [2.45, 2.75) is 31.7 Å². The minimum absolute atomic E-state index is 0.139. The molecule has 1 aromatic rings. The number of allylic oxidation sites excluding steroid dienone is 2. The third-order valence-electron chi connectivity index (χ3n) is 4.95. The zero-order chi connectivity index (χ0) is 18.0. The fraction of sp³-hybridized carbons (Fsp3) is 0.421. The second-order valence-electron chi connectivity index (χ2n) is 6.47. The molecule has 2 aliphatic heterocycles. The maximum Gasteiger partial charge on any atom is 0.157 e. The monoisotopic (exact) mass is 347 g/mol. The van der Waals surface area contributed by atoms with Crippen LogP contribution in [-0.4, -0.2) is 46.6 Å². The number of carbonyl (C=O) groups excluding carboxylic acids is 1. The summed E-state index contributed by atoms with van der Waals surface area (Å²) in [6.45, 7) is 7.40. The number of nitrogens with one attached hydrogen (secondary N) is 1. The van der Waals surface area contributed by atoms with Gasteiger partial charge in [-0.25, -0.2) is 13.8 Å². The van der Waals surface area contributed by atoms with Crippen molar-refractivity contribution in [3.63, 3.8) is 0 Å². The van der Waals surface area contributed by atoms with Crippen molar-refractivity contribution in [1.82, 2.24) is 15.0 Å². The summed E-state index contributed by atoms with van der Waals surface area (Å²) in [4.78, 5) is 15.3. The highest BCUT2D eigenvalue weighted by Gasteiger charge is 2.38. The molecule has 134 valence electrons. The van der Waals surface area contributed by atoms with Crippen molar-refractivity contribution in [2.75, 3.05) is 19.8 Å². The molecule has 0 radical (unpaired) electrons. The number of carbonyl (C=O) groups is 1. The molecule has 1 unspecified atom stereocenters. The number of fused-ring (bicyclic) bond motifs is 1. The average molecular weight is 347 g/mol. The Hall–Kier alpha value is -2.21. The van der Waals surface area contributed by atoms with Gasteiger partial charge in [0.25, 0.3) is 0 Å². The second kappa shape index (κ2) is 7.35. The maximum absolute atomic E-state index is 14.4. The Morgan fingerprint density at radius 3 is 2.96 bits per heavy atom. The number of rotatable bonds is 5. The van der Waals surface area contributed by atoms with Crippen molar-refractivity contribution in [3.05, 3.63) is 48.2 Å². The first-order chi connectivity index (χ1) is 12.1. The highest BCUT2D eigenvalue weighted by atomic mass is 19.2. The standard InChI is InChI=1S/C19H23F2N3O/c1-3-14-7-8-22-19(14)15(16(21)11-20)12-24-13(2)10-18(25)17-6-4-5-9-23(17)24/h3,7-8,17,22H,1-2,4-6,9-12H2/b16-15+. The first kappa shape index (κ1) is 17.6. The SMILES string of the molecule is C=Cc1cc[nH]c1/C(CN1C(=C)CC(=O)C2CCCCN21)=C(/F)CF. The molecular weight excluding hydrogens is 324 g/mol. The van der Waals surface area contributed by atoms with Crippen LogP contribution >= 0.6 is 0 Å². The average Bonchev–Trinajstić information content (AvgIpc) is 3.09. The van der Waals surface area contributed by atoms with Gasteiger partial charge in [0.15, 0.2) is 5.78 Å². The molecule has 1 N–H and O–H groups in total. The molecule has 6 heteroatoms. The zero-order valence-corrected chi connectivity index (χ0v) is 14.2. The van der Waals surface area contributed by atoms with Crippen LogP contribution in [0.4, 0.5) is 8.78 Å². The summed E-state index contributed by atoms with van der Waals surface area (Å²) in [5, 5.41) is 3.82. The Bertz CT molecular complexity index is 722. The van der Waals surface area contributed by atoms with Gasteiger partial charge in [0.05, 0.1) is 18.3 Å². The van der Waals surface area contributed by atoms with E-state index >= 15 is 0 Å². The van der Waals surface area contributed by atoms with E-state index in [4.69, 9.17) is 0 Å². The smallest absolute Gasteiger partial charge is 0.157 e. The quantitative estimate of drug-likeness (QED) is 0.879. The molecule has 0 spiro atoms. The molecule has 0 bridgehead atoms. The predicted octanol–water partition coefficient (Wildman–Crippen LogP) is 3.87. The van der Waals surface area contributed by atoms with Gasteiger partial charge in [0.2, 0.25) is 0 Å². The van der Waals surface area contributed by atoms with E-state index in [1.54, 1.807) is 18.3 Å². The maximum atomic E-state index is 14.4. The first-order valence-corrected chi connectivity index (χ1v) is 8.55. The van der Waals surface area contributed by atoms with Crippen LogP contribution < -0.4 is 0 Å². The summed E-state index contributed by atoms with van der Waals surface area (Å²) >= 11 is 0. The molecule has 0 aliphatic carbocycles. The van der Waals surface area contributed by atoms with Gasteiger partial charge >= 0.3 is 0 Å².